The average Bonchev–Trinajstić information content (AvgIpc) is 2.36. The summed E-state index contributed by atoms with van der Waals surface area (Å²) in [4.78, 5) is 6.60. The first-order valence-electron chi connectivity index (χ1n) is 6.00. The summed E-state index contributed by atoms with van der Waals surface area (Å²) in [7, 11) is 4.11. The molecular weight excluding hydrogens is 226 g/mol. The molecule has 96 valence electrons. The molecule has 1 heterocycles. The van der Waals surface area contributed by atoms with Crippen LogP contribution in [0.4, 0.5) is 5.95 Å². The summed E-state index contributed by atoms with van der Waals surface area (Å²) in [5.74, 6) is 0.573. The molecule has 0 aliphatic heterocycles. The Balaban J connectivity index is 2.13. The van der Waals surface area contributed by atoms with Gasteiger partial charge in [-0.2, -0.15) is 0 Å². The van der Waals surface area contributed by atoms with Crippen LogP contribution in [0.25, 0.3) is 11.0 Å². The van der Waals surface area contributed by atoms with Crippen LogP contribution in [-0.2, 0) is 0 Å². The fraction of sp³-hybridized carbons (Fsp3) is 0.462. The van der Waals surface area contributed by atoms with Crippen molar-refractivity contribution in [3.63, 3.8) is 0 Å². The van der Waals surface area contributed by atoms with E-state index in [1.54, 1.807) is 0 Å². The molecule has 1 aromatic carbocycles. The van der Waals surface area contributed by atoms with Crippen molar-refractivity contribution in [2.45, 2.75) is 19.4 Å². The molecular formula is C13H19N5. The molecule has 0 saturated heterocycles. The van der Waals surface area contributed by atoms with E-state index in [9.17, 15) is 0 Å². The van der Waals surface area contributed by atoms with Crippen molar-refractivity contribution in [2.75, 3.05) is 26.0 Å². The van der Waals surface area contributed by atoms with Gasteiger partial charge < -0.3 is 10.2 Å². The Morgan fingerprint density at radius 1 is 1.11 bits per heavy atom. The van der Waals surface area contributed by atoms with Gasteiger partial charge in [0, 0.05) is 12.1 Å². The highest BCUT2D eigenvalue weighted by Gasteiger charge is 2.20. The number of nitrogens with zero attached hydrogens (tertiary/aromatic N) is 4. The second kappa shape index (κ2) is 4.86. The molecule has 0 bridgehead atoms. The molecule has 0 radical (unpaired) electrons. The van der Waals surface area contributed by atoms with E-state index >= 15 is 0 Å². The summed E-state index contributed by atoms with van der Waals surface area (Å²) >= 11 is 0. The van der Waals surface area contributed by atoms with Crippen molar-refractivity contribution < 1.29 is 0 Å². The minimum absolute atomic E-state index is 0.0367. The molecule has 0 fully saturated rings. The maximum atomic E-state index is 4.43. The van der Waals surface area contributed by atoms with Crippen molar-refractivity contribution in [3.8, 4) is 0 Å². The number of benzene rings is 1. The first kappa shape index (κ1) is 12.7. The summed E-state index contributed by atoms with van der Waals surface area (Å²) in [6.45, 7) is 5.09. The molecule has 0 spiro atoms. The lowest BCUT2D eigenvalue weighted by molar-refractivity contribution is 0.209. The van der Waals surface area contributed by atoms with Crippen LogP contribution in [-0.4, -0.2) is 46.3 Å². The van der Waals surface area contributed by atoms with Gasteiger partial charge in [0.15, 0.2) is 0 Å². The Hall–Kier alpha value is -1.75. The van der Waals surface area contributed by atoms with Gasteiger partial charge in [0.25, 0.3) is 0 Å². The molecule has 5 heteroatoms. The first-order chi connectivity index (χ1) is 8.49. The zero-order valence-electron chi connectivity index (χ0n) is 11.3. The van der Waals surface area contributed by atoms with Crippen LogP contribution >= 0.6 is 0 Å². The van der Waals surface area contributed by atoms with Crippen LogP contribution in [0.2, 0.25) is 0 Å². The Morgan fingerprint density at radius 3 is 2.44 bits per heavy atom. The number of aromatic nitrogens is 3. The molecule has 0 amide bonds. The zero-order valence-corrected chi connectivity index (χ0v) is 11.3. The van der Waals surface area contributed by atoms with Gasteiger partial charge in [-0.25, -0.2) is 4.98 Å². The van der Waals surface area contributed by atoms with Crippen LogP contribution in [0, 0.1) is 0 Å². The normalized spacial score (nSPS) is 12.1. The maximum absolute atomic E-state index is 4.43. The number of fused-ring (bicyclic) bond motifs is 1. The second-order valence-corrected chi connectivity index (χ2v) is 5.18. The smallest absolute Gasteiger partial charge is 0.243 e. The Morgan fingerprint density at radius 2 is 1.78 bits per heavy atom. The van der Waals surface area contributed by atoms with E-state index in [1.165, 1.54) is 0 Å². The third-order valence-electron chi connectivity index (χ3n) is 3.25. The van der Waals surface area contributed by atoms with Gasteiger partial charge >= 0.3 is 0 Å². The monoisotopic (exact) mass is 245 g/mol. The average molecular weight is 245 g/mol. The molecule has 2 rings (SSSR count). The Kier molecular flexibility index (Phi) is 3.43. The molecule has 1 aromatic heterocycles. The standard InChI is InChI=1S/C13H19N5/c1-13(2,18(3)4)9-14-12-15-10-7-5-6-8-11(10)16-17-12/h5-8H,9H2,1-4H3,(H,14,15,17). The van der Waals surface area contributed by atoms with Gasteiger partial charge in [0.05, 0.1) is 5.52 Å². The van der Waals surface area contributed by atoms with Gasteiger partial charge in [0.1, 0.15) is 5.52 Å². The van der Waals surface area contributed by atoms with Crippen LogP contribution in [0.15, 0.2) is 24.3 Å². The first-order valence-corrected chi connectivity index (χ1v) is 6.00. The third kappa shape index (κ3) is 2.73. The van der Waals surface area contributed by atoms with Gasteiger partial charge in [-0.1, -0.05) is 12.1 Å². The van der Waals surface area contributed by atoms with Crippen molar-refractivity contribution in [2.24, 2.45) is 0 Å². The summed E-state index contributed by atoms with van der Waals surface area (Å²) in [6, 6.07) is 7.72. The number of rotatable bonds is 4. The van der Waals surface area contributed by atoms with E-state index in [4.69, 9.17) is 0 Å². The van der Waals surface area contributed by atoms with E-state index < -0.39 is 0 Å². The van der Waals surface area contributed by atoms with E-state index in [1.807, 2.05) is 24.3 Å². The van der Waals surface area contributed by atoms with Gasteiger partial charge in [-0.15, -0.1) is 10.2 Å². The lowest BCUT2D eigenvalue weighted by Gasteiger charge is -2.32. The fourth-order valence-electron chi connectivity index (χ4n) is 1.41. The maximum Gasteiger partial charge on any atom is 0.243 e. The van der Waals surface area contributed by atoms with Crippen molar-refractivity contribution in [3.05, 3.63) is 24.3 Å². The number of hydrogen-bond acceptors (Lipinski definition) is 5. The number of likely N-dealkylation sites (N-methyl/N-ethyl adjacent to an activating group) is 1. The third-order valence-corrected chi connectivity index (χ3v) is 3.25. The lowest BCUT2D eigenvalue weighted by atomic mass is 10.1. The predicted molar refractivity (Wildman–Crippen MR) is 73.6 cm³/mol. The summed E-state index contributed by atoms with van der Waals surface area (Å²) in [6.07, 6.45) is 0. The van der Waals surface area contributed by atoms with Crippen molar-refractivity contribution in [1.29, 1.82) is 0 Å². The summed E-state index contributed by atoms with van der Waals surface area (Å²) < 4.78 is 0. The lowest BCUT2D eigenvalue weighted by Crippen LogP contribution is -2.44. The quantitative estimate of drug-likeness (QED) is 0.889. The van der Waals surface area contributed by atoms with E-state index in [0.29, 0.717) is 5.95 Å². The molecule has 0 aliphatic carbocycles. The Bertz CT molecular complexity index is 536. The molecule has 0 atom stereocenters. The van der Waals surface area contributed by atoms with E-state index in [-0.39, 0.29) is 5.54 Å². The number of anilines is 1. The highest BCUT2D eigenvalue weighted by molar-refractivity contribution is 5.73. The number of para-hydroxylation sites is 1. The van der Waals surface area contributed by atoms with E-state index in [2.05, 4.69) is 53.3 Å². The molecule has 18 heavy (non-hydrogen) atoms. The summed E-state index contributed by atoms with van der Waals surface area (Å²) in [5, 5.41) is 11.4. The zero-order chi connectivity index (χ0) is 13.2. The highest BCUT2D eigenvalue weighted by atomic mass is 15.3. The highest BCUT2D eigenvalue weighted by Crippen LogP contribution is 2.12. The Labute approximate surface area is 107 Å². The molecule has 2 aromatic rings. The SMILES string of the molecule is CN(C)C(C)(C)CNc1nnc2ccccc2n1. The fourth-order valence-corrected chi connectivity index (χ4v) is 1.41. The molecule has 0 aliphatic rings. The molecule has 5 nitrogen and oxygen atoms in total. The minimum atomic E-state index is 0.0367. The minimum Gasteiger partial charge on any atom is -0.351 e. The predicted octanol–water partition coefficient (Wildman–Crippen LogP) is 1.78. The van der Waals surface area contributed by atoms with Crippen LogP contribution in [0.1, 0.15) is 13.8 Å². The largest absolute Gasteiger partial charge is 0.351 e. The van der Waals surface area contributed by atoms with E-state index in [0.717, 1.165) is 17.6 Å². The van der Waals surface area contributed by atoms with Crippen molar-refractivity contribution >= 4 is 17.0 Å². The van der Waals surface area contributed by atoms with Crippen LogP contribution in [0.3, 0.4) is 0 Å². The molecule has 0 saturated carbocycles. The molecule has 1 N–H and O–H groups in total. The van der Waals surface area contributed by atoms with Crippen molar-refractivity contribution in [1.82, 2.24) is 20.1 Å². The topological polar surface area (TPSA) is 53.9 Å². The van der Waals surface area contributed by atoms with Crippen LogP contribution in [0.5, 0.6) is 0 Å². The van der Waals surface area contributed by atoms with Gasteiger partial charge in [0.2, 0.25) is 5.95 Å². The number of nitrogens with one attached hydrogen (secondary N) is 1. The number of hydrogen-bond donors (Lipinski definition) is 1. The molecule has 0 unspecified atom stereocenters. The van der Waals surface area contributed by atoms with Crippen LogP contribution < -0.4 is 5.32 Å². The second-order valence-electron chi connectivity index (χ2n) is 5.18. The summed E-state index contributed by atoms with van der Waals surface area (Å²) in [5.41, 5.74) is 1.71. The van der Waals surface area contributed by atoms with Gasteiger partial charge in [-0.3, -0.25) is 0 Å². The van der Waals surface area contributed by atoms with Gasteiger partial charge in [-0.05, 0) is 40.1 Å².